The first kappa shape index (κ1) is 24.5. The van der Waals surface area contributed by atoms with Crippen molar-refractivity contribution in [1.82, 2.24) is 4.90 Å². The lowest BCUT2D eigenvalue weighted by atomic mass is 10.1. The van der Waals surface area contributed by atoms with Gasteiger partial charge in [0.2, 0.25) is 5.91 Å². The number of anilines is 2. The molecular weight excluding hydrogens is 473 g/mol. The molecule has 2 amide bonds. The minimum atomic E-state index is -0.805. The van der Waals surface area contributed by atoms with Crippen molar-refractivity contribution in [3.8, 4) is 5.75 Å². The third-order valence-electron chi connectivity index (χ3n) is 5.21. The molecule has 0 aromatic heterocycles. The predicted octanol–water partition coefficient (Wildman–Crippen LogP) is 5.36. The number of nitrogens with one attached hydrogen (secondary N) is 1. The van der Waals surface area contributed by atoms with E-state index in [1.165, 1.54) is 0 Å². The zero-order valence-corrected chi connectivity index (χ0v) is 20.5. The van der Waals surface area contributed by atoms with Crippen molar-refractivity contribution in [3.05, 3.63) is 51.5 Å². The summed E-state index contributed by atoms with van der Waals surface area (Å²) in [5.74, 6) is 0.139. The second-order valence-corrected chi connectivity index (χ2v) is 9.18. The lowest BCUT2D eigenvalue weighted by Crippen LogP contribution is -2.50. The summed E-state index contributed by atoms with van der Waals surface area (Å²) in [5, 5.41) is 4.25. The third-order valence-corrected chi connectivity index (χ3v) is 6.05. The van der Waals surface area contributed by atoms with E-state index >= 15 is 0 Å². The van der Waals surface area contributed by atoms with Crippen LogP contribution in [-0.4, -0.2) is 49.0 Å². The molecule has 0 aliphatic carbocycles. The number of rotatable bonds is 6. The standard InChI is InChI=1S/C23H26Cl3N3O3/c1-14(2)23(31)29-11-9-28(10-12-29)21-17(25)5-4-6-19(21)27-22(30)15(3)32-20-8-7-16(24)13-18(20)26/h4-8,13-15H,9-12H2,1-3H3,(H,27,30)/t15-/m0/s1. The Balaban J connectivity index is 1.70. The van der Waals surface area contributed by atoms with Crippen LogP contribution in [0.1, 0.15) is 20.8 Å². The van der Waals surface area contributed by atoms with Crippen molar-refractivity contribution in [2.45, 2.75) is 26.9 Å². The Morgan fingerprint density at radius 2 is 1.66 bits per heavy atom. The smallest absolute Gasteiger partial charge is 0.265 e. The van der Waals surface area contributed by atoms with Crippen LogP contribution in [0.3, 0.4) is 0 Å². The molecule has 1 atom stereocenters. The van der Waals surface area contributed by atoms with Crippen LogP contribution in [0.25, 0.3) is 0 Å². The van der Waals surface area contributed by atoms with Gasteiger partial charge in [0.1, 0.15) is 5.75 Å². The van der Waals surface area contributed by atoms with Gasteiger partial charge in [0.25, 0.3) is 5.91 Å². The van der Waals surface area contributed by atoms with E-state index in [0.717, 1.165) is 5.69 Å². The number of hydrogen-bond acceptors (Lipinski definition) is 4. The van der Waals surface area contributed by atoms with Gasteiger partial charge >= 0.3 is 0 Å². The number of halogens is 3. The monoisotopic (exact) mass is 497 g/mol. The number of carbonyl (C=O) groups is 2. The fourth-order valence-corrected chi connectivity index (χ4v) is 4.25. The van der Waals surface area contributed by atoms with E-state index in [4.69, 9.17) is 39.5 Å². The molecule has 1 aliphatic rings. The van der Waals surface area contributed by atoms with Crippen molar-refractivity contribution in [1.29, 1.82) is 0 Å². The minimum Gasteiger partial charge on any atom is -0.479 e. The number of ether oxygens (including phenoxy) is 1. The maximum Gasteiger partial charge on any atom is 0.265 e. The number of amides is 2. The van der Waals surface area contributed by atoms with Gasteiger partial charge in [-0.3, -0.25) is 9.59 Å². The topological polar surface area (TPSA) is 61.9 Å². The van der Waals surface area contributed by atoms with Gasteiger partial charge in [-0.05, 0) is 37.3 Å². The Hall–Kier alpha value is -2.15. The molecular formula is C23H26Cl3N3O3. The van der Waals surface area contributed by atoms with Crippen LogP contribution in [-0.2, 0) is 9.59 Å². The maximum absolute atomic E-state index is 12.8. The fraction of sp³-hybridized carbons (Fsp3) is 0.391. The summed E-state index contributed by atoms with van der Waals surface area (Å²) in [6.45, 7) is 7.89. The molecule has 1 heterocycles. The first-order valence-corrected chi connectivity index (χ1v) is 11.6. The Morgan fingerprint density at radius 1 is 0.969 bits per heavy atom. The molecule has 6 nitrogen and oxygen atoms in total. The van der Waals surface area contributed by atoms with Gasteiger partial charge in [-0.15, -0.1) is 0 Å². The Morgan fingerprint density at radius 3 is 2.28 bits per heavy atom. The van der Waals surface area contributed by atoms with E-state index in [9.17, 15) is 9.59 Å². The molecule has 1 N–H and O–H groups in total. The van der Waals surface area contributed by atoms with Crippen molar-refractivity contribution in [3.63, 3.8) is 0 Å². The summed E-state index contributed by atoms with van der Waals surface area (Å²) in [6.07, 6.45) is -0.805. The van der Waals surface area contributed by atoms with Crippen LogP contribution in [0.5, 0.6) is 5.75 Å². The van der Waals surface area contributed by atoms with E-state index in [-0.39, 0.29) is 17.7 Å². The Bertz CT molecular complexity index is 992. The highest BCUT2D eigenvalue weighted by molar-refractivity contribution is 6.35. The SMILES string of the molecule is CC(C)C(=O)N1CCN(c2c(Cl)cccc2NC(=O)[C@H](C)Oc2ccc(Cl)cc2Cl)CC1. The van der Waals surface area contributed by atoms with Crippen LogP contribution in [0, 0.1) is 5.92 Å². The van der Waals surface area contributed by atoms with Crippen LogP contribution in [0.4, 0.5) is 11.4 Å². The van der Waals surface area contributed by atoms with Crippen LogP contribution >= 0.6 is 34.8 Å². The molecule has 0 unspecified atom stereocenters. The fourth-order valence-electron chi connectivity index (χ4n) is 3.50. The summed E-state index contributed by atoms with van der Waals surface area (Å²) in [6, 6.07) is 10.2. The third kappa shape index (κ3) is 5.80. The summed E-state index contributed by atoms with van der Waals surface area (Å²) in [4.78, 5) is 29.1. The number of nitrogens with zero attached hydrogens (tertiary/aromatic N) is 2. The summed E-state index contributed by atoms with van der Waals surface area (Å²) >= 11 is 18.6. The lowest BCUT2D eigenvalue weighted by Gasteiger charge is -2.38. The summed E-state index contributed by atoms with van der Waals surface area (Å²) < 4.78 is 5.72. The summed E-state index contributed by atoms with van der Waals surface area (Å²) in [5.41, 5.74) is 1.32. The largest absolute Gasteiger partial charge is 0.479 e. The number of piperazine rings is 1. The molecule has 9 heteroatoms. The highest BCUT2D eigenvalue weighted by Gasteiger charge is 2.26. The Kier molecular flexibility index (Phi) is 8.15. The van der Waals surface area contributed by atoms with Crippen LogP contribution < -0.4 is 15.0 Å². The first-order chi connectivity index (χ1) is 15.2. The molecule has 0 radical (unpaired) electrons. The van der Waals surface area contributed by atoms with Crippen molar-refractivity contribution in [2.75, 3.05) is 36.4 Å². The number of carbonyl (C=O) groups excluding carboxylic acids is 2. The molecule has 1 fully saturated rings. The average molecular weight is 499 g/mol. The van der Waals surface area contributed by atoms with E-state index in [0.29, 0.717) is 52.7 Å². The normalized spacial score (nSPS) is 15.0. The Labute approximate surface area is 203 Å². The quantitative estimate of drug-likeness (QED) is 0.583. The highest BCUT2D eigenvalue weighted by atomic mass is 35.5. The zero-order chi connectivity index (χ0) is 23.4. The van der Waals surface area contributed by atoms with Gasteiger partial charge in [-0.1, -0.05) is 54.7 Å². The van der Waals surface area contributed by atoms with E-state index in [1.807, 2.05) is 18.7 Å². The molecule has 2 aromatic carbocycles. The second-order valence-electron chi connectivity index (χ2n) is 7.93. The minimum absolute atomic E-state index is 0.0349. The maximum atomic E-state index is 12.8. The predicted molar refractivity (Wildman–Crippen MR) is 130 cm³/mol. The first-order valence-electron chi connectivity index (χ1n) is 10.4. The number of para-hydroxylation sites is 1. The molecule has 0 bridgehead atoms. The number of benzene rings is 2. The van der Waals surface area contributed by atoms with Gasteiger partial charge in [0.05, 0.1) is 21.4 Å². The van der Waals surface area contributed by atoms with Crippen LogP contribution in [0.2, 0.25) is 15.1 Å². The second kappa shape index (κ2) is 10.6. The molecule has 3 rings (SSSR count). The van der Waals surface area contributed by atoms with Crippen molar-refractivity contribution < 1.29 is 14.3 Å². The molecule has 1 aliphatic heterocycles. The van der Waals surface area contributed by atoms with Gasteiger partial charge in [0, 0.05) is 37.1 Å². The highest BCUT2D eigenvalue weighted by Crippen LogP contribution is 2.35. The average Bonchev–Trinajstić information content (AvgIpc) is 2.75. The lowest BCUT2D eigenvalue weighted by molar-refractivity contribution is -0.134. The summed E-state index contributed by atoms with van der Waals surface area (Å²) in [7, 11) is 0. The zero-order valence-electron chi connectivity index (χ0n) is 18.2. The van der Waals surface area contributed by atoms with Gasteiger partial charge in [-0.2, -0.15) is 0 Å². The van der Waals surface area contributed by atoms with Gasteiger partial charge in [-0.25, -0.2) is 0 Å². The van der Waals surface area contributed by atoms with E-state index in [1.54, 1.807) is 43.3 Å². The molecule has 1 saturated heterocycles. The van der Waals surface area contributed by atoms with E-state index < -0.39 is 6.10 Å². The molecule has 0 saturated carbocycles. The van der Waals surface area contributed by atoms with Gasteiger partial charge in [0.15, 0.2) is 6.10 Å². The van der Waals surface area contributed by atoms with Crippen molar-refractivity contribution in [2.24, 2.45) is 5.92 Å². The van der Waals surface area contributed by atoms with Gasteiger partial charge < -0.3 is 19.9 Å². The molecule has 172 valence electrons. The number of hydrogen-bond donors (Lipinski definition) is 1. The molecule has 32 heavy (non-hydrogen) atoms. The van der Waals surface area contributed by atoms with E-state index in [2.05, 4.69) is 10.2 Å². The van der Waals surface area contributed by atoms with Crippen LogP contribution in [0.15, 0.2) is 36.4 Å². The molecule has 2 aromatic rings. The van der Waals surface area contributed by atoms with Crippen molar-refractivity contribution >= 4 is 58.0 Å². The molecule has 0 spiro atoms.